The molecule has 0 aromatic carbocycles. The van der Waals surface area contributed by atoms with Gasteiger partial charge < -0.3 is 15.4 Å². The molecule has 1 fully saturated rings. The fraction of sp³-hybridized carbons (Fsp3) is 0.357. The third-order valence-corrected chi connectivity index (χ3v) is 3.42. The Kier molecular flexibility index (Phi) is 3.92. The molecule has 1 aliphatic rings. The van der Waals surface area contributed by atoms with Crippen LogP contribution in [0.4, 0.5) is 5.82 Å². The summed E-state index contributed by atoms with van der Waals surface area (Å²) in [5.74, 6) is 0.139. The summed E-state index contributed by atoms with van der Waals surface area (Å²) in [5.41, 5.74) is 7.46. The SMILES string of the molecule is Cc1cnc(C(=O)N2CCO[C@@H](c3nccnc3N)C2)cn1. The second kappa shape index (κ2) is 6.02. The Morgan fingerprint density at radius 3 is 2.82 bits per heavy atom. The van der Waals surface area contributed by atoms with Gasteiger partial charge in [0.25, 0.3) is 5.91 Å². The maximum absolute atomic E-state index is 12.5. The molecule has 22 heavy (non-hydrogen) atoms. The predicted molar refractivity (Wildman–Crippen MR) is 77.8 cm³/mol. The van der Waals surface area contributed by atoms with Crippen LogP contribution >= 0.6 is 0 Å². The number of amides is 1. The fourth-order valence-electron chi connectivity index (χ4n) is 2.27. The number of anilines is 1. The standard InChI is InChI=1S/C14H16N6O2/c1-9-6-19-10(7-18-9)14(21)20-4-5-22-11(8-20)12-13(15)17-3-2-16-12/h2-3,6-7,11H,4-5,8H2,1H3,(H2,15,17)/t11-/m1/s1. The molecule has 1 amide bonds. The van der Waals surface area contributed by atoms with E-state index in [1.54, 1.807) is 17.3 Å². The van der Waals surface area contributed by atoms with Gasteiger partial charge in [-0.3, -0.25) is 14.8 Å². The normalized spacial score (nSPS) is 18.2. The third-order valence-electron chi connectivity index (χ3n) is 3.42. The van der Waals surface area contributed by atoms with E-state index in [-0.39, 0.29) is 12.0 Å². The quantitative estimate of drug-likeness (QED) is 0.853. The lowest BCUT2D eigenvalue weighted by molar-refractivity contribution is -0.0247. The largest absolute Gasteiger partial charge is 0.382 e. The maximum Gasteiger partial charge on any atom is 0.274 e. The van der Waals surface area contributed by atoms with Gasteiger partial charge in [-0.15, -0.1) is 0 Å². The van der Waals surface area contributed by atoms with E-state index in [4.69, 9.17) is 10.5 Å². The zero-order valence-corrected chi connectivity index (χ0v) is 12.1. The van der Waals surface area contributed by atoms with Gasteiger partial charge in [0.2, 0.25) is 0 Å². The Morgan fingerprint density at radius 2 is 2.09 bits per heavy atom. The zero-order chi connectivity index (χ0) is 15.5. The molecule has 0 spiro atoms. The fourth-order valence-corrected chi connectivity index (χ4v) is 2.27. The number of morpholine rings is 1. The minimum absolute atomic E-state index is 0.178. The number of aromatic nitrogens is 4. The predicted octanol–water partition coefficient (Wildman–Crippen LogP) is 0.371. The number of rotatable bonds is 2. The molecular weight excluding hydrogens is 284 g/mol. The summed E-state index contributed by atoms with van der Waals surface area (Å²) < 4.78 is 5.67. The van der Waals surface area contributed by atoms with Crippen molar-refractivity contribution in [3.05, 3.63) is 41.9 Å². The molecule has 0 bridgehead atoms. The monoisotopic (exact) mass is 300 g/mol. The maximum atomic E-state index is 12.5. The number of carbonyl (C=O) groups is 1. The van der Waals surface area contributed by atoms with Crippen molar-refractivity contribution in [3.63, 3.8) is 0 Å². The lowest BCUT2D eigenvalue weighted by Crippen LogP contribution is -2.43. The van der Waals surface area contributed by atoms with E-state index in [1.165, 1.54) is 12.4 Å². The first-order chi connectivity index (χ1) is 10.6. The second-order valence-electron chi connectivity index (χ2n) is 4.98. The Bertz CT molecular complexity index is 675. The minimum atomic E-state index is -0.384. The zero-order valence-electron chi connectivity index (χ0n) is 12.1. The topological polar surface area (TPSA) is 107 Å². The molecule has 1 aliphatic heterocycles. The highest BCUT2D eigenvalue weighted by atomic mass is 16.5. The summed E-state index contributed by atoms with van der Waals surface area (Å²) in [7, 11) is 0. The molecule has 114 valence electrons. The third kappa shape index (κ3) is 2.86. The molecule has 0 unspecified atom stereocenters. The Hall–Kier alpha value is -2.61. The molecule has 1 atom stereocenters. The highest BCUT2D eigenvalue weighted by molar-refractivity contribution is 5.92. The van der Waals surface area contributed by atoms with E-state index in [2.05, 4.69) is 19.9 Å². The summed E-state index contributed by atoms with van der Waals surface area (Å²) in [4.78, 5) is 30.6. The number of hydrogen-bond acceptors (Lipinski definition) is 7. The molecule has 2 N–H and O–H groups in total. The number of ether oxygens (including phenoxy) is 1. The molecule has 2 aromatic heterocycles. The molecule has 3 rings (SSSR count). The summed E-state index contributed by atoms with van der Waals surface area (Å²) in [6.45, 7) is 3.08. The van der Waals surface area contributed by atoms with Crippen LogP contribution in [0.5, 0.6) is 0 Å². The lowest BCUT2D eigenvalue weighted by Gasteiger charge is -2.32. The number of carbonyl (C=O) groups excluding carboxylic acids is 1. The summed E-state index contributed by atoms with van der Waals surface area (Å²) in [5, 5.41) is 0. The number of hydrogen-bond donors (Lipinski definition) is 1. The van der Waals surface area contributed by atoms with Crippen LogP contribution in [-0.4, -0.2) is 50.4 Å². The van der Waals surface area contributed by atoms with Crippen molar-refractivity contribution >= 4 is 11.7 Å². The molecule has 1 saturated heterocycles. The average Bonchev–Trinajstić information content (AvgIpc) is 2.55. The first-order valence-corrected chi connectivity index (χ1v) is 6.91. The van der Waals surface area contributed by atoms with Gasteiger partial charge in [0.1, 0.15) is 23.3 Å². The summed E-state index contributed by atoms with van der Waals surface area (Å²) >= 11 is 0. The molecule has 8 nitrogen and oxygen atoms in total. The van der Waals surface area contributed by atoms with E-state index in [1.807, 2.05) is 6.92 Å². The van der Waals surface area contributed by atoms with E-state index < -0.39 is 0 Å². The lowest BCUT2D eigenvalue weighted by atomic mass is 10.2. The van der Waals surface area contributed by atoms with Gasteiger partial charge in [-0.1, -0.05) is 0 Å². The van der Waals surface area contributed by atoms with Crippen molar-refractivity contribution in [1.29, 1.82) is 0 Å². The molecule has 0 aliphatic carbocycles. The molecule has 2 aromatic rings. The number of aryl methyl sites for hydroxylation is 1. The molecule has 0 saturated carbocycles. The van der Waals surface area contributed by atoms with Crippen LogP contribution in [0.2, 0.25) is 0 Å². The number of nitrogens with zero attached hydrogens (tertiary/aromatic N) is 5. The van der Waals surface area contributed by atoms with Crippen LogP contribution in [-0.2, 0) is 4.74 Å². The van der Waals surface area contributed by atoms with Gasteiger partial charge in [0.05, 0.1) is 25.0 Å². The van der Waals surface area contributed by atoms with Crippen molar-refractivity contribution in [2.75, 3.05) is 25.4 Å². The summed E-state index contributed by atoms with van der Waals surface area (Å²) in [6, 6.07) is 0. The van der Waals surface area contributed by atoms with Gasteiger partial charge in [-0.2, -0.15) is 0 Å². The van der Waals surface area contributed by atoms with E-state index in [0.717, 1.165) is 5.69 Å². The highest BCUT2D eigenvalue weighted by Gasteiger charge is 2.29. The van der Waals surface area contributed by atoms with Crippen molar-refractivity contribution in [2.45, 2.75) is 13.0 Å². The average molecular weight is 300 g/mol. The highest BCUT2D eigenvalue weighted by Crippen LogP contribution is 2.24. The molecule has 3 heterocycles. The Balaban J connectivity index is 1.77. The van der Waals surface area contributed by atoms with E-state index in [9.17, 15) is 4.79 Å². The van der Waals surface area contributed by atoms with E-state index >= 15 is 0 Å². The number of nitrogens with two attached hydrogens (primary N) is 1. The minimum Gasteiger partial charge on any atom is -0.382 e. The van der Waals surface area contributed by atoms with Gasteiger partial charge >= 0.3 is 0 Å². The first-order valence-electron chi connectivity index (χ1n) is 6.91. The Morgan fingerprint density at radius 1 is 1.27 bits per heavy atom. The van der Waals surface area contributed by atoms with Gasteiger partial charge in [0.15, 0.2) is 0 Å². The molecular formula is C14H16N6O2. The smallest absolute Gasteiger partial charge is 0.274 e. The van der Waals surface area contributed by atoms with Gasteiger partial charge in [0, 0.05) is 25.1 Å². The first kappa shape index (κ1) is 14.3. The Labute approximate surface area is 127 Å². The molecule has 0 radical (unpaired) electrons. The van der Waals surface area contributed by atoms with Crippen LogP contribution in [0.1, 0.15) is 28.0 Å². The van der Waals surface area contributed by atoms with E-state index in [0.29, 0.717) is 36.9 Å². The van der Waals surface area contributed by atoms with Gasteiger partial charge in [-0.25, -0.2) is 9.97 Å². The van der Waals surface area contributed by atoms with Crippen molar-refractivity contribution in [2.24, 2.45) is 0 Å². The van der Waals surface area contributed by atoms with Gasteiger partial charge in [-0.05, 0) is 6.92 Å². The van der Waals surface area contributed by atoms with Crippen LogP contribution in [0, 0.1) is 6.92 Å². The van der Waals surface area contributed by atoms with Crippen LogP contribution in [0.3, 0.4) is 0 Å². The van der Waals surface area contributed by atoms with Crippen LogP contribution in [0.25, 0.3) is 0 Å². The van der Waals surface area contributed by atoms with Crippen LogP contribution < -0.4 is 5.73 Å². The van der Waals surface area contributed by atoms with Crippen molar-refractivity contribution < 1.29 is 9.53 Å². The van der Waals surface area contributed by atoms with Crippen molar-refractivity contribution in [3.8, 4) is 0 Å². The summed E-state index contributed by atoms with van der Waals surface area (Å²) in [6.07, 6.45) is 5.75. The molecule has 8 heteroatoms. The number of nitrogen functional groups attached to an aromatic ring is 1. The second-order valence-corrected chi connectivity index (χ2v) is 4.98. The van der Waals surface area contributed by atoms with Crippen molar-refractivity contribution in [1.82, 2.24) is 24.8 Å². The van der Waals surface area contributed by atoms with Crippen LogP contribution in [0.15, 0.2) is 24.8 Å².